The van der Waals surface area contributed by atoms with Gasteiger partial charge in [-0.3, -0.25) is 0 Å². The second kappa shape index (κ2) is 8.44. The van der Waals surface area contributed by atoms with Crippen LogP contribution in [0.25, 0.3) is 0 Å². The predicted octanol–water partition coefficient (Wildman–Crippen LogP) is 2.40. The van der Waals surface area contributed by atoms with E-state index in [0.717, 1.165) is 24.8 Å². The van der Waals surface area contributed by atoms with Crippen LogP contribution in [0.1, 0.15) is 36.9 Å². The van der Waals surface area contributed by atoms with E-state index < -0.39 is 15.8 Å². The molecule has 2 aromatic rings. The molecule has 1 atom stereocenters. The van der Waals surface area contributed by atoms with Gasteiger partial charge >= 0.3 is 0 Å². The normalized spacial score (nSPS) is 20.6. The summed E-state index contributed by atoms with van der Waals surface area (Å²) >= 11 is 0. The van der Waals surface area contributed by atoms with Crippen LogP contribution < -0.4 is 16.0 Å². The number of fused-ring (bicyclic) bond motifs is 1. The molecule has 0 radical (unpaired) electrons. The number of piperidine rings is 1. The van der Waals surface area contributed by atoms with Gasteiger partial charge in [0.1, 0.15) is 0 Å². The summed E-state index contributed by atoms with van der Waals surface area (Å²) in [6.45, 7) is 3.93. The van der Waals surface area contributed by atoms with Gasteiger partial charge < -0.3 is 16.0 Å². The molecule has 3 heterocycles. The molecular formula is C20H27FN6O2S. The molecule has 1 saturated heterocycles. The van der Waals surface area contributed by atoms with Gasteiger partial charge in [0, 0.05) is 30.9 Å². The highest BCUT2D eigenvalue weighted by Crippen LogP contribution is 2.27. The maximum Gasteiger partial charge on any atom is 0.229 e. The van der Waals surface area contributed by atoms with E-state index in [-0.39, 0.29) is 17.9 Å². The largest absolute Gasteiger partial charge is 0.365 e. The van der Waals surface area contributed by atoms with Crippen LogP contribution in [0.5, 0.6) is 0 Å². The summed E-state index contributed by atoms with van der Waals surface area (Å²) in [7, 11) is -3.19. The molecule has 0 amide bonds. The molecule has 1 unspecified atom stereocenters. The Hall–Kier alpha value is -2.30. The number of rotatable bonds is 5. The number of hydrogen-bond donors (Lipinski definition) is 3. The monoisotopic (exact) mass is 434 g/mol. The minimum Gasteiger partial charge on any atom is -0.365 e. The van der Waals surface area contributed by atoms with Gasteiger partial charge in [0.15, 0.2) is 11.6 Å². The molecule has 1 aromatic heterocycles. The van der Waals surface area contributed by atoms with Crippen LogP contribution in [-0.4, -0.2) is 54.6 Å². The van der Waals surface area contributed by atoms with Gasteiger partial charge in [-0.15, -0.1) is 0 Å². The third-order valence-electron chi connectivity index (χ3n) is 5.72. The molecule has 0 spiro atoms. The molecule has 2 aliphatic heterocycles. The number of nitrogens with one attached hydrogen (secondary N) is 3. The number of halogens is 1. The number of anilines is 3. The van der Waals surface area contributed by atoms with E-state index in [1.807, 2.05) is 6.07 Å². The summed E-state index contributed by atoms with van der Waals surface area (Å²) in [5.41, 5.74) is 3.42. The lowest BCUT2D eigenvalue weighted by molar-refractivity contribution is 0.331. The van der Waals surface area contributed by atoms with Crippen molar-refractivity contribution in [2.24, 2.45) is 0 Å². The number of sulfonamides is 1. The second-order valence-electron chi connectivity index (χ2n) is 7.94. The molecule has 0 saturated carbocycles. The van der Waals surface area contributed by atoms with Gasteiger partial charge in [-0.2, -0.15) is 4.98 Å². The third-order valence-corrected chi connectivity index (χ3v) is 7.02. The molecule has 3 N–H and O–H groups in total. The maximum absolute atomic E-state index is 14.3. The second-order valence-corrected chi connectivity index (χ2v) is 9.92. The molecule has 162 valence electrons. The van der Waals surface area contributed by atoms with Crippen molar-refractivity contribution >= 4 is 27.5 Å². The molecule has 30 heavy (non-hydrogen) atoms. The smallest absolute Gasteiger partial charge is 0.229 e. The molecule has 10 heteroatoms. The van der Waals surface area contributed by atoms with E-state index in [2.05, 4.69) is 45.0 Å². The fraction of sp³-hybridized carbons (Fsp3) is 0.500. The molecule has 0 aliphatic carbocycles. The first-order valence-corrected chi connectivity index (χ1v) is 12.0. The van der Waals surface area contributed by atoms with Crippen LogP contribution in [0.4, 0.5) is 21.8 Å². The van der Waals surface area contributed by atoms with E-state index in [4.69, 9.17) is 0 Å². The zero-order valence-corrected chi connectivity index (χ0v) is 18.0. The number of benzene rings is 1. The van der Waals surface area contributed by atoms with E-state index >= 15 is 0 Å². The number of hydrogen-bond acceptors (Lipinski definition) is 7. The quantitative estimate of drug-likeness (QED) is 0.665. The Labute approximate surface area is 176 Å². The summed E-state index contributed by atoms with van der Waals surface area (Å²) in [6, 6.07) is 6.40. The Balaban J connectivity index is 1.44. The van der Waals surface area contributed by atoms with Crippen molar-refractivity contribution < 1.29 is 12.8 Å². The molecule has 1 fully saturated rings. The fourth-order valence-electron chi connectivity index (χ4n) is 4.02. The molecule has 4 rings (SSSR count). The van der Waals surface area contributed by atoms with Crippen molar-refractivity contribution in [3.05, 3.63) is 41.3 Å². The zero-order chi connectivity index (χ0) is 21.3. The fourth-order valence-corrected chi connectivity index (χ4v) is 4.89. The average Bonchev–Trinajstić information content (AvgIpc) is 2.71. The van der Waals surface area contributed by atoms with Crippen LogP contribution >= 0.6 is 0 Å². The zero-order valence-electron chi connectivity index (χ0n) is 17.2. The van der Waals surface area contributed by atoms with Crippen LogP contribution in [0.2, 0.25) is 0 Å². The van der Waals surface area contributed by atoms with Gasteiger partial charge in [0.05, 0.1) is 12.5 Å². The van der Waals surface area contributed by atoms with E-state index in [1.165, 1.54) is 21.7 Å². The topological polar surface area (TPSA) is 99.3 Å². The lowest BCUT2D eigenvalue weighted by atomic mass is 9.95. The molecule has 1 aromatic carbocycles. The van der Waals surface area contributed by atoms with Crippen molar-refractivity contribution in [1.82, 2.24) is 19.6 Å². The highest BCUT2D eigenvalue weighted by molar-refractivity contribution is 7.88. The van der Waals surface area contributed by atoms with E-state index in [0.29, 0.717) is 31.9 Å². The lowest BCUT2D eigenvalue weighted by Gasteiger charge is -2.31. The molecule has 2 aliphatic rings. The number of nitrogens with zero attached hydrogens (tertiary/aromatic N) is 3. The Kier molecular flexibility index (Phi) is 5.90. The highest BCUT2D eigenvalue weighted by atomic mass is 32.2. The average molecular weight is 435 g/mol. The van der Waals surface area contributed by atoms with Crippen molar-refractivity contribution in [1.29, 1.82) is 0 Å². The van der Waals surface area contributed by atoms with Crippen molar-refractivity contribution in [3.63, 3.8) is 0 Å². The minimum absolute atomic E-state index is 0.0454. The first-order chi connectivity index (χ1) is 14.3. The summed E-state index contributed by atoms with van der Waals surface area (Å²) in [5.74, 6) is -0.100. The Morgan fingerprint density at radius 2 is 2.03 bits per heavy atom. The summed E-state index contributed by atoms with van der Waals surface area (Å²) in [5, 5.41) is 9.71. The summed E-state index contributed by atoms with van der Waals surface area (Å²) in [4.78, 5) is 8.37. The van der Waals surface area contributed by atoms with Crippen LogP contribution in [0.15, 0.2) is 24.4 Å². The summed E-state index contributed by atoms with van der Waals surface area (Å²) in [6.07, 6.45) is 4.54. The van der Waals surface area contributed by atoms with Gasteiger partial charge in [0.25, 0.3) is 0 Å². The van der Waals surface area contributed by atoms with Crippen molar-refractivity contribution in [3.8, 4) is 0 Å². The van der Waals surface area contributed by atoms with Crippen LogP contribution in [0, 0.1) is 5.82 Å². The minimum atomic E-state index is -3.19. The molecule has 8 nitrogen and oxygen atoms in total. The number of aromatic nitrogens is 2. The highest BCUT2D eigenvalue weighted by Gasteiger charge is 2.25. The first-order valence-electron chi connectivity index (χ1n) is 10.2. The maximum atomic E-state index is 14.3. The van der Waals surface area contributed by atoms with Crippen LogP contribution in [0.3, 0.4) is 0 Å². The SMILES string of the molecule is CC1NCCc2ccc(Nc3ncc(F)c(NC4CCN(S(C)(=O)=O)CC4)n3)cc21. The first kappa shape index (κ1) is 21.0. The predicted molar refractivity (Wildman–Crippen MR) is 115 cm³/mol. The van der Waals surface area contributed by atoms with Gasteiger partial charge in [-0.25, -0.2) is 22.1 Å². The standard InChI is InChI=1S/C20H27FN6O2S/c1-13-17-11-16(4-3-14(17)5-8-22-13)25-20-23-12-18(21)19(26-20)24-15-6-9-27(10-7-15)30(2,28)29/h3-4,11-13,15,22H,5-10H2,1-2H3,(H2,23,24,25,26). The van der Waals surface area contributed by atoms with Gasteiger partial charge in [-0.05, 0) is 56.0 Å². The third kappa shape index (κ3) is 4.71. The van der Waals surface area contributed by atoms with Crippen molar-refractivity contribution in [2.45, 2.75) is 38.3 Å². The molecular weight excluding hydrogens is 407 g/mol. The molecule has 0 bridgehead atoms. The van der Waals surface area contributed by atoms with Gasteiger partial charge in [0.2, 0.25) is 16.0 Å². The Bertz CT molecular complexity index is 1020. The van der Waals surface area contributed by atoms with E-state index in [1.54, 1.807) is 0 Å². The summed E-state index contributed by atoms with van der Waals surface area (Å²) < 4.78 is 39.0. The lowest BCUT2D eigenvalue weighted by Crippen LogP contribution is -2.42. The Morgan fingerprint density at radius 1 is 1.27 bits per heavy atom. The van der Waals surface area contributed by atoms with E-state index in [9.17, 15) is 12.8 Å². The van der Waals surface area contributed by atoms with Crippen LogP contribution in [-0.2, 0) is 16.4 Å². The van der Waals surface area contributed by atoms with Crippen molar-refractivity contribution in [2.75, 3.05) is 36.5 Å². The van der Waals surface area contributed by atoms with Gasteiger partial charge in [-0.1, -0.05) is 6.07 Å². The Morgan fingerprint density at radius 3 is 2.77 bits per heavy atom.